The minimum absolute atomic E-state index is 1.29. The molecule has 0 saturated heterocycles. The van der Waals surface area contributed by atoms with Crippen molar-refractivity contribution in [2.45, 2.75) is 25.9 Å². The zero-order valence-electron chi connectivity index (χ0n) is 14.8. The fraction of sp³-hybridized carbons (Fsp3) is 0.389. The van der Waals surface area contributed by atoms with Crippen molar-refractivity contribution < 1.29 is 0 Å². The Morgan fingerprint density at radius 2 is 1.14 bits per heavy atom. The predicted octanol–water partition coefficient (Wildman–Crippen LogP) is 2.35. The van der Waals surface area contributed by atoms with Crippen LogP contribution in [0.2, 0.25) is 12.1 Å². The molecule has 1 aromatic carbocycles. The Bertz CT molecular complexity index is 386. The minimum atomic E-state index is -1.44. The summed E-state index contributed by atoms with van der Waals surface area (Å²) in [5, 5.41) is 1.58. The summed E-state index contributed by atoms with van der Waals surface area (Å²) < 4.78 is 0. The van der Waals surface area contributed by atoms with Crippen molar-refractivity contribution in [1.29, 1.82) is 0 Å². The van der Waals surface area contributed by atoms with Crippen molar-refractivity contribution in [3.63, 3.8) is 0 Å². The normalized spacial score (nSPS) is 12.4. The van der Waals surface area contributed by atoms with Gasteiger partial charge >= 0.3 is 0 Å². The van der Waals surface area contributed by atoms with E-state index in [0.717, 1.165) is 0 Å². The maximum atomic E-state index is 4.50. The molecule has 0 amide bonds. The van der Waals surface area contributed by atoms with Crippen LogP contribution < -0.4 is 22.4 Å². The molecule has 0 aliphatic heterocycles. The second-order valence-corrected chi connectivity index (χ2v) is 9.06. The first-order valence-corrected chi connectivity index (χ1v) is 10.3. The lowest BCUT2D eigenvalue weighted by Gasteiger charge is -2.33. The fourth-order valence-electron chi connectivity index (χ4n) is 2.68. The summed E-state index contributed by atoms with van der Waals surface area (Å²) in [6.45, 7) is 4.69. The van der Waals surface area contributed by atoms with Gasteiger partial charge in [-0.15, -0.1) is 0 Å². The molecular weight excluding hydrogens is 286 g/mol. The predicted molar refractivity (Wildman–Crippen MR) is 105 cm³/mol. The van der Waals surface area contributed by atoms with Gasteiger partial charge in [0.05, 0.1) is 0 Å². The number of nitrogens with two attached hydrogens (primary N) is 3. The van der Waals surface area contributed by atoms with Crippen LogP contribution in [0, 0.1) is 5.54 Å². The van der Waals surface area contributed by atoms with Gasteiger partial charge in [-0.2, -0.15) is 0 Å². The lowest BCUT2D eigenvalue weighted by molar-refractivity contribution is 1.25. The standard InChI is InChI=1S/C15H19Si.3CH5N/c1-3-16(4-2,15-12-8-9-13-15)14-10-6-5-7-11-14;3*1-2/h5-13H,3-4H2,1-2H3;3*2H2,1H3. The molecule has 0 unspecified atom stereocenters. The summed E-state index contributed by atoms with van der Waals surface area (Å²) in [6, 6.07) is 13.7. The number of benzene rings is 1. The van der Waals surface area contributed by atoms with Crippen molar-refractivity contribution in [3.05, 3.63) is 60.2 Å². The first-order valence-electron chi connectivity index (χ1n) is 7.84. The third-order valence-corrected chi connectivity index (χ3v) is 9.04. The number of hydrogen-bond acceptors (Lipinski definition) is 3. The van der Waals surface area contributed by atoms with Crippen molar-refractivity contribution in [1.82, 2.24) is 0 Å². The molecule has 4 heteroatoms. The molecule has 125 valence electrons. The Balaban J connectivity index is 0. The van der Waals surface area contributed by atoms with Gasteiger partial charge in [0.2, 0.25) is 0 Å². The first kappa shape index (κ1) is 23.1. The van der Waals surface area contributed by atoms with Gasteiger partial charge in [-0.1, -0.05) is 85.8 Å². The van der Waals surface area contributed by atoms with Crippen molar-refractivity contribution in [2.24, 2.45) is 17.2 Å². The summed E-state index contributed by atoms with van der Waals surface area (Å²) in [7, 11) is 3.06. The van der Waals surface area contributed by atoms with Crippen LogP contribution in [-0.4, -0.2) is 29.2 Å². The molecule has 6 N–H and O–H groups in total. The highest BCUT2D eigenvalue weighted by Gasteiger charge is 2.38. The van der Waals surface area contributed by atoms with Crippen LogP contribution in [0.3, 0.4) is 0 Å². The van der Waals surface area contributed by atoms with Crippen LogP contribution in [0.5, 0.6) is 0 Å². The van der Waals surface area contributed by atoms with Gasteiger partial charge in [-0.05, 0) is 21.1 Å². The van der Waals surface area contributed by atoms with Crippen molar-refractivity contribution in [3.8, 4) is 0 Å². The lowest BCUT2D eigenvalue weighted by atomic mass is 10.4. The Hall–Kier alpha value is -1.20. The second kappa shape index (κ2) is 14.7. The average molecular weight is 321 g/mol. The van der Waals surface area contributed by atoms with Crippen molar-refractivity contribution >= 4 is 13.3 Å². The second-order valence-electron chi connectivity index (χ2n) is 4.33. The van der Waals surface area contributed by atoms with E-state index in [1.807, 2.05) is 0 Å². The molecule has 3 nitrogen and oxygen atoms in total. The molecule has 2 rings (SSSR count). The topological polar surface area (TPSA) is 78.1 Å². The van der Waals surface area contributed by atoms with Gasteiger partial charge in [0, 0.05) is 5.54 Å². The van der Waals surface area contributed by atoms with E-state index in [2.05, 4.69) is 85.7 Å². The summed E-state index contributed by atoms with van der Waals surface area (Å²) in [4.78, 5) is 0. The summed E-state index contributed by atoms with van der Waals surface area (Å²) >= 11 is 0. The number of rotatable bonds is 4. The summed E-state index contributed by atoms with van der Waals surface area (Å²) in [5.74, 6) is 0. The number of hydrogen-bond donors (Lipinski definition) is 3. The molecule has 22 heavy (non-hydrogen) atoms. The van der Waals surface area contributed by atoms with Crippen LogP contribution in [0.1, 0.15) is 13.8 Å². The molecule has 0 heterocycles. The van der Waals surface area contributed by atoms with Gasteiger partial charge < -0.3 is 17.2 Å². The third-order valence-electron chi connectivity index (χ3n) is 3.75. The van der Waals surface area contributed by atoms with E-state index in [9.17, 15) is 0 Å². The van der Waals surface area contributed by atoms with E-state index in [0.29, 0.717) is 0 Å². The molecule has 0 fully saturated rings. The molecule has 1 aromatic rings. The lowest BCUT2D eigenvalue weighted by Crippen LogP contribution is -2.51. The zero-order chi connectivity index (χ0) is 17.4. The molecular formula is C18H34N3Si. The molecule has 0 spiro atoms. The quantitative estimate of drug-likeness (QED) is 0.745. The highest BCUT2D eigenvalue weighted by atomic mass is 28.3. The van der Waals surface area contributed by atoms with Crippen LogP contribution in [0.4, 0.5) is 0 Å². The fourth-order valence-corrected chi connectivity index (χ4v) is 6.81. The highest BCUT2D eigenvalue weighted by molar-refractivity contribution is 6.97. The average Bonchev–Trinajstić information content (AvgIpc) is 3.18. The Morgan fingerprint density at radius 1 is 0.727 bits per heavy atom. The zero-order valence-corrected chi connectivity index (χ0v) is 15.8. The summed E-state index contributed by atoms with van der Waals surface area (Å²) in [6.07, 6.45) is 8.97. The summed E-state index contributed by atoms with van der Waals surface area (Å²) in [5.41, 5.74) is 15.1. The SMILES string of the molecule is CC[Si](CC)([C]1C=CC=C1)c1ccccc1.CN.CN.CN. The molecule has 1 aliphatic rings. The monoisotopic (exact) mass is 320 g/mol. The molecule has 0 aromatic heterocycles. The van der Waals surface area contributed by atoms with Crippen LogP contribution in [0.15, 0.2) is 54.6 Å². The number of allylic oxidation sites excluding steroid dienone is 4. The molecule has 0 saturated carbocycles. The highest BCUT2D eigenvalue weighted by Crippen LogP contribution is 2.31. The van der Waals surface area contributed by atoms with E-state index < -0.39 is 8.07 Å². The molecule has 0 atom stereocenters. The largest absolute Gasteiger partial charge is 0.333 e. The van der Waals surface area contributed by atoms with Gasteiger partial charge in [0.1, 0.15) is 8.07 Å². The van der Waals surface area contributed by atoms with Gasteiger partial charge in [-0.25, -0.2) is 0 Å². The third kappa shape index (κ3) is 5.89. The molecule has 1 aliphatic carbocycles. The Kier molecular flexibility index (Phi) is 15.4. The van der Waals surface area contributed by atoms with Crippen molar-refractivity contribution in [2.75, 3.05) is 21.1 Å². The smallest absolute Gasteiger partial charge is 0.101 e. The maximum absolute atomic E-state index is 4.50. The van der Waals surface area contributed by atoms with Crippen LogP contribution in [0.25, 0.3) is 0 Å². The molecule has 0 bridgehead atoms. The van der Waals surface area contributed by atoms with E-state index >= 15 is 0 Å². The van der Waals surface area contributed by atoms with E-state index in [-0.39, 0.29) is 0 Å². The van der Waals surface area contributed by atoms with Gasteiger partial charge in [0.25, 0.3) is 0 Å². The molecule has 1 radical (unpaired) electrons. The maximum Gasteiger partial charge on any atom is 0.101 e. The van der Waals surface area contributed by atoms with E-state index in [1.54, 1.807) is 10.7 Å². The van der Waals surface area contributed by atoms with E-state index in [4.69, 9.17) is 0 Å². The van der Waals surface area contributed by atoms with Crippen LogP contribution in [-0.2, 0) is 0 Å². The Morgan fingerprint density at radius 3 is 1.50 bits per heavy atom. The van der Waals surface area contributed by atoms with Gasteiger partial charge in [0.15, 0.2) is 0 Å². The van der Waals surface area contributed by atoms with E-state index in [1.165, 1.54) is 33.2 Å². The Labute approximate surface area is 138 Å². The minimum Gasteiger partial charge on any atom is -0.333 e. The first-order chi connectivity index (χ1) is 10.8. The van der Waals surface area contributed by atoms with Gasteiger partial charge in [-0.3, -0.25) is 0 Å². The van der Waals surface area contributed by atoms with Crippen LogP contribution >= 0.6 is 0 Å².